The molecule has 0 bridgehead atoms. The van der Waals surface area contributed by atoms with Gasteiger partial charge in [0.1, 0.15) is 11.8 Å². The van der Waals surface area contributed by atoms with Gasteiger partial charge >= 0.3 is 5.97 Å². The lowest BCUT2D eigenvalue weighted by Gasteiger charge is -2.15. The van der Waals surface area contributed by atoms with E-state index in [0.29, 0.717) is 16.9 Å². The minimum atomic E-state index is -1.01. The minimum Gasteiger partial charge on any atom is -0.496 e. The molecule has 0 heterocycles. The number of aryl methyl sites for hydroxylation is 1. The average molecular weight is 281 g/mol. The zero-order valence-corrected chi connectivity index (χ0v) is 11.9. The number of hydrogen-bond acceptors (Lipinski definition) is 4. The van der Waals surface area contributed by atoms with Crippen LogP contribution < -0.4 is 4.74 Å². The van der Waals surface area contributed by atoms with E-state index in [1.807, 2.05) is 25.1 Å². The standard InChI is InChI=1S/C17H15NO3/c1-12-7-3-4-8-13(12)17(19)21-16(11-18)14-9-5-6-10-15(14)20-2/h3-10,16H,1-2H3. The van der Waals surface area contributed by atoms with Crippen molar-refractivity contribution >= 4 is 5.97 Å². The molecule has 0 aliphatic heterocycles. The molecule has 0 radical (unpaired) electrons. The summed E-state index contributed by atoms with van der Waals surface area (Å²) in [5.41, 5.74) is 1.79. The highest BCUT2D eigenvalue weighted by atomic mass is 16.5. The number of rotatable bonds is 4. The molecule has 2 aromatic rings. The predicted octanol–water partition coefficient (Wildman–Crippen LogP) is 3.43. The Kier molecular flexibility index (Phi) is 4.57. The molecule has 1 unspecified atom stereocenters. The Balaban J connectivity index is 2.26. The third-order valence-corrected chi connectivity index (χ3v) is 3.13. The minimum absolute atomic E-state index is 0.452. The van der Waals surface area contributed by atoms with Crippen LogP contribution in [-0.4, -0.2) is 13.1 Å². The van der Waals surface area contributed by atoms with E-state index < -0.39 is 12.1 Å². The molecule has 2 aromatic carbocycles. The van der Waals surface area contributed by atoms with Crippen LogP contribution >= 0.6 is 0 Å². The summed E-state index contributed by atoms with van der Waals surface area (Å²) in [5, 5.41) is 9.28. The molecular weight excluding hydrogens is 266 g/mol. The zero-order valence-electron chi connectivity index (χ0n) is 11.9. The summed E-state index contributed by atoms with van der Waals surface area (Å²) < 4.78 is 10.5. The first-order chi connectivity index (χ1) is 10.2. The molecular formula is C17H15NO3. The monoisotopic (exact) mass is 281 g/mol. The van der Waals surface area contributed by atoms with Gasteiger partial charge in [0.15, 0.2) is 0 Å². The van der Waals surface area contributed by atoms with Crippen molar-refractivity contribution < 1.29 is 14.3 Å². The fourth-order valence-electron chi connectivity index (χ4n) is 2.01. The van der Waals surface area contributed by atoms with Crippen LogP contribution in [0.2, 0.25) is 0 Å². The van der Waals surface area contributed by atoms with E-state index >= 15 is 0 Å². The summed E-state index contributed by atoms with van der Waals surface area (Å²) in [6, 6.07) is 16.1. The fraction of sp³-hybridized carbons (Fsp3) is 0.176. The number of nitrogens with zero attached hydrogens (tertiary/aromatic N) is 1. The van der Waals surface area contributed by atoms with Crippen LogP contribution in [0.5, 0.6) is 5.75 Å². The molecule has 0 aliphatic rings. The summed E-state index contributed by atoms with van der Waals surface area (Å²) in [7, 11) is 1.51. The fourth-order valence-corrected chi connectivity index (χ4v) is 2.01. The molecule has 0 amide bonds. The Bertz CT molecular complexity index is 688. The van der Waals surface area contributed by atoms with Gasteiger partial charge in [0.2, 0.25) is 6.10 Å². The van der Waals surface area contributed by atoms with Crippen molar-refractivity contribution in [3.8, 4) is 11.8 Å². The smallest absolute Gasteiger partial charge is 0.340 e. The second-order valence-corrected chi connectivity index (χ2v) is 4.47. The number of benzene rings is 2. The van der Waals surface area contributed by atoms with Crippen LogP contribution in [0.1, 0.15) is 27.6 Å². The van der Waals surface area contributed by atoms with Crippen molar-refractivity contribution in [1.82, 2.24) is 0 Å². The number of hydrogen-bond donors (Lipinski definition) is 0. The summed E-state index contributed by atoms with van der Waals surface area (Å²) in [6.07, 6.45) is -1.01. The molecule has 4 nitrogen and oxygen atoms in total. The van der Waals surface area contributed by atoms with Gasteiger partial charge in [-0.25, -0.2) is 4.79 Å². The first-order valence-corrected chi connectivity index (χ1v) is 6.46. The first kappa shape index (κ1) is 14.6. The number of carbonyl (C=O) groups excluding carboxylic acids is 1. The number of nitriles is 1. The molecule has 4 heteroatoms. The van der Waals surface area contributed by atoms with Gasteiger partial charge in [0.25, 0.3) is 0 Å². The lowest BCUT2D eigenvalue weighted by atomic mass is 10.1. The van der Waals surface area contributed by atoms with Gasteiger partial charge in [-0.3, -0.25) is 0 Å². The Morgan fingerprint density at radius 2 is 1.81 bits per heavy atom. The number of para-hydroxylation sites is 1. The van der Waals surface area contributed by atoms with Gasteiger partial charge in [-0.1, -0.05) is 36.4 Å². The van der Waals surface area contributed by atoms with E-state index in [9.17, 15) is 10.1 Å². The maximum absolute atomic E-state index is 12.2. The Morgan fingerprint density at radius 3 is 2.48 bits per heavy atom. The van der Waals surface area contributed by atoms with Gasteiger partial charge in [-0.2, -0.15) is 5.26 Å². The van der Waals surface area contributed by atoms with E-state index in [2.05, 4.69) is 0 Å². The van der Waals surface area contributed by atoms with Crippen molar-refractivity contribution in [2.24, 2.45) is 0 Å². The average Bonchev–Trinajstić information content (AvgIpc) is 2.52. The van der Waals surface area contributed by atoms with Crippen molar-refractivity contribution in [2.45, 2.75) is 13.0 Å². The molecule has 0 saturated heterocycles. The maximum atomic E-state index is 12.2. The van der Waals surface area contributed by atoms with E-state index in [1.165, 1.54) is 7.11 Å². The van der Waals surface area contributed by atoms with Gasteiger partial charge in [0, 0.05) is 5.56 Å². The summed E-state index contributed by atoms with van der Waals surface area (Å²) in [5.74, 6) is -0.00723. The third-order valence-electron chi connectivity index (χ3n) is 3.13. The second-order valence-electron chi connectivity index (χ2n) is 4.47. The summed E-state index contributed by atoms with van der Waals surface area (Å²) in [4.78, 5) is 12.2. The van der Waals surface area contributed by atoms with Gasteiger partial charge in [0.05, 0.1) is 12.7 Å². The molecule has 0 spiro atoms. The zero-order chi connectivity index (χ0) is 15.2. The quantitative estimate of drug-likeness (QED) is 0.806. The number of carbonyl (C=O) groups is 1. The Labute approximate surface area is 123 Å². The number of esters is 1. The van der Waals surface area contributed by atoms with E-state index in [1.54, 1.807) is 36.4 Å². The number of ether oxygens (including phenoxy) is 2. The molecule has 0 fully saturated rings. The molecule has 106 valence electrons. The van der Waals surface area contributed by atoms with Crippen molar-refractivity contribution in [1.29, 1.82) is 5.26 Å². The van der Waals surface area contributed by atoms with Crippen LogP contribution in [0.4, 0.5) is 0 Å². The maximum Gasteiger partial charge on any atom is 0.340 e. The molecule has 0 N–H and O–H groups in total. The topological polar surface area (TPSA) is 59.3 Å². The van der Waals surface area contributed by atoms with Crippen LogP contribution in [0.3, 0.4) is 0 Å². The highest BCUT2D eigenvalue weighted by molar-refractivity contribution is 5.91. The Hall–Kier alpha value is -2.80. The molecule has 0 saturated carbocycles. The predicted molar refractivity (Wildman–Crippen MR) is 77.9 cm³/mol. The second kappa shape index (κ2) is 6.58. The molecule has 2 rings (SSSR count). The van der Waals surface area contributed by atoms with Crippen molar-refractivity contribution in [2.75, 3.05) is 7.11 Å². The molecule has 0 aliphatic carbocycles. The lowest BCUT2D eigenvalue weighted by molar-refractivity contribution is 0.0400. The van der Waals surface area contributed by atoms with Crippen LogP contribution in [-0.2, 0) is 4.74 Å². The summed E-state index contributed by atoms with van der Waals surface area (Å²) in [6.45, 7) is 1.82. The lowest BCUT2D eigenvalue weighted by Crippen LogP contribution is -2.12. The highest BCUT2D eigenvalue weighted by Gasteiger charge is 2.21. The van der Waals surface area contributed by atoms with E-state index in [0.717, 1.165) is 5.56 Å². The first-order valence-electron chi connectivity index (χ1n) is 6.46. The molecule has 1 atom stereocenters. The van der Waals surface area contributed by atoms with Crippen molar-refractivity contribution in [3.05, 3.63) is 65.2 Å². The highest BCUT2D eigenvalue weighted by Crippen LogP contribution is 2.28. The number of methoxy groups -OCH3 is 1. The normalized spacial score (nSPS) is 11.3. The SMILES string of the molecule is COc1ccccc1C(C#N)OC(=O)c1ccccc1C. The van der Waals surface area contributed by atoms with Crippen LogP contribution in [0.15, 0.2) is 48.5 Å². The Morgan fingerprint density at radius 1 is 1.14 bits per heavy atom. The molecule has 0 aromatic heterocycles. The van der Waals surface area contributed by atoms with Gasteiger partial charge in [-0.05, 0) is 24.6 Å². The third kappa shape index (κ3) is 3.21. The van der Waals surface area contributed by atoms with E-state index in [4.69, 9.17) is 9.47 Å². The van der Waals surface area contributed by atoms with Crippen molar-refractivity contribution in [3.63, 3.8) is 0 Å². The largest absolute Gasteiger partial charge is 0.496 e. The molecule has 21 heavy (non-hydrogen) atoms. The van der Waals surface area contributed by atoms with Gasteiger partial charge < -0.3 is 9.47 Å². The van der Waals surface area contributed by atoms with Crippen LogP contribution in [0, 0.1) is 18.3 Å². The van der Waals surface area contributed by atoms with Crippen LogP contribution in [0.25, 0.3) is 0 Å². The van der Waals surface area contributed by atoms with E-state index in [-0.39, 0.29) is 0 Å². The summed E-state index contributed by atoms with van der Waals surface area (Å²) >= 11 is 0. The van der Waals surface area contributed by atoms with Gasteiger partial charge in [-0.15, -0.1) is 0 Å².